The van der Waals surface area contributed by atoms with Gasteiger partial charge < -0.3 is 30.8 Å². The summed E-state index contributed by atoms with van der Waals surface area (Å²) in [5, 5.41) is 31.8. The van der Waals surface area contributed by atoms with E-state index in [4.69, 9.17) is 15.9 Å². The van der Waals surface area contributed by atoms with Crippen LogP contribution < -0.4 is 20.9 Å². The van der Waals surface area contributed by atoms with E-state index in [0.29, 0.717) is 29.0 Å². The molecule has 5 N–H and O–H groups in total. The molecule has 31 heavy (non-hydrogen) atoms. The van der Waals surface area contributed by atoms with Gasteiger partial charge in [-0.1, -0.05) is 26.0 Å². The second-order valence-electron chi connectivity index (χ2n) is 6.94. The van der Waals surface area contributed by atoms with E-state index < -0.39 is 12.0 Å². The number of carboxylic acid groups (broad SMARTS) is 1. The maximum atomic E-state index is 12.1. The molecule has 0 amide bonds. The second kappa shape index (κ2) is 12.0. The Balaban J connectivity index is 0.00000480. The van der Waals surface area contributed by atoms with Crippen LogP contribution in [0, 0.1) is 5.41 Å². The van der Waals surface area contributed by atoms with Gasteiger partial charge >= 0.3 is 0 Å². The van der Waals surface area contributed by atoms with Gasteiger partial charge in [0.1, 0.15) is 18.2 Å². The van der Waals surface area contributed by atoms with Crippen molar-refractivity contribution in [1.82, 2.24) is 0 Å². The molecule has 2 aromatic carbocycles. The normalized spacial score (nSPS) is 12.2. The lowest BCUT2D eigenvalue weighted by atomic mass is 9.91. The number of carbonyl (C=O) groups is 1. The van der Waals surface area contributed by atoms with Gasteiger partial charge in [0.2, 0.25) is 0 Å². The highest BCUT2D eigenvalue weighted by Gasteiger charge is 2.23. The summed E-state index contributed by atoms with van der Waals surface area (Å²) >= 11 is 0. The highest BCUT2D eigenvalue weighted by Crippen LogP contribution is 2.37. The monoisotopic (exact) mass is 446 g/mol. The van der Waals surface area contributed by atoms with Crippen LogP contribution in [0.15, 0.2) is 49.1 Å². The average molecular weight is 447 g/mol. The first-order valence-corrected chi connectivity index (χ1v) is 9.77. The first kappa shape index (κ1) is 26.0. The van der Waals surface area contributed by atoms with Crippen LogP contribution in [0.25, 0.3) is 0 Å². The summed E-state index contributed by atoms with van der Waals surface area (Å²) < 4.78 is 5.79. The van der Waals surface area contributed by atoms with Gasteiger partial charge in [-0.15, -0.1) is 19.0 Å². The number of nitrogens with one attached hydrogen (secondary N) is 2. The molecule has 0 saturated heterocycles. The summed E-state index contributed by atoms with van der Waals surface area (Å²) in [6.07, 6.45) is 2.46. The van der Waals surface area contributed by atoms with Crippen LogP contribution in [0.4, 0.5) is 5.69 Å². The molecule has 8 heteroatoms. The number of aryl methyl sites for hydroxylation is 1. The van der Waals surface area contributed by atoms with Crippen molar-refractivity contribution in [3.05, 3.63) is 71.3 Å². The van der Waals surface area contributed by atoms with E-state index in [1.165, 1.54) is 0 Å². The number of aliphatic hydroxyl groups excluding tert-OH is 1. The fourth-order valence-electron chi connectivity index (χ4n) is 3.11. The largest absolute Gasteiger partial charge is 0.548 e. The molecule has 0 heterocycles. The van der Waals surface area contributed by atoms with Gasteiger partial charge in [0.25, 0.3) is 0 Å². The molecule has 2 atom stereocenters. The molecule has 0 saturated carbocycles. The van der Waals surface area contributed by atoms with E-state index in [1.807, 2.05) is 19.9 Å². The third kappa shape index (κ3) is 6.47. The predicted molar refractivity (Wildman–Crippen MR) is 123 cm³/mol. The molecule has 0 bridgehead atoms. The van der Waals surface area contributed by atoms with Crippen LogP contribution in [0.3, 0.4) is 0 Å². The Morgan fingerprint density at radius 3 is 2.42 bits per heavy atom. The molecular formula is C23H29ClN3O4-. The van der Waals surface area contributed by atoms with Crippen molar-refractivity contribution in [2.24, 2.45) is 5.73 Å². The Morgan fingerprint density at radius 2 is 1.94 bits per heavy atom. The minimum absolute atomic E-state index is 0. The van der Waals surface area contributed by atoms with Crippen LogP contribution in [0.5, 0.6) is 5.75 Å². The van der Waals surface area contributed by atoms with Crippen molar-refractivity contribution in [2.75, 3.05) is 18.5 Å². The Kier molecular flexibility index (Phi) is 10.0. The van der Waals surface area contributed by atoms with Crippen molar-refractivity contribution in [3.63, 3.8) is 0 Å². The number of ether oxygens (including phenoxy) is 1. The first-order chi connectivity index (χ1) is 14.3. The summed E-state index contributed by atoms with van der Waals surface area (Å²) in [6, 6.07) is 9.13. The maximum Gasteiger partial charge on any atom is 0.128 e. The second-order valence-corrected chi connectivity index (χ2v) is 6.94. The number of carboxylic acids is 1. The van der Waals surface area contributed by atoms with E-state index in [1.54, 1.807) is 36.4 Å². The Morgan fingerprint density at radius 1 is 1.32 bits per heavy atom. The lowest BCUT2D eigenvalue weighted by Gasteiger charge is -2.27. The zero-order chi connectivity index (χ0) is 22.3. The Labute approximate surface area is 188 Å². The number of hydrogen-bond donors (Lipinski definition) is 4. The topological polar surface area (TPSA) is 131 Å². The predicted octanol–water partition coefficient (Wildman–Crippen LogP) is 2.52. The van der Waals surface area contributed by atoms with Gasteiger partial charge in [-0.3, -0.25) is 5.41 Å². The fourth-order valence-corrected chi connectivity index (χ4v) is 3.11. The number of aliphatic carboxylic acids is 1. The third-order valence-electron chi connectivity index (χ3n) is 4.85. The number of rotatable bonds is 11. The van der Waals surface area contributed by atoms with E-state index in [0.717, 1.165) is 11.1 Å². The molecule has 2 aromatic rings. The van der Waals surface area contributed by atoms with Crippen molar-refractivity contribution in [1.29, 1.82) is 5.41 Å². The highest BCUT2D eigenvalue weighted by molar-refractivity contribution is 5.95. The molecule has 0 spiro atoms. The molecule has 2 rings (SSSR count). The van der Waals surface area contributed by atoms with Crippen LogP contribution in [-0.2, 0) is 11.2 Å². The Bertz CT molecular complexity index is 916. The number of benzene rings is 2. The summed E-state index contributed by atoms with van der Waals surface area (Å²) in [5.41, 5.74) is 8.71. The summed E-state index contributed by atoms with van der Waals surface area (Å²) in [6.45, 7) is 7.59. The van der Waals surface area contributed by atoms with Gasteiger partial charge in [-0.25, -0.2) is 0 Å². The molecule has 0 aliphatic carbocycles. The lowest BCUT2D eigenvalue weighted by Crippen LogP contribution is -2.35. The van der Waals surface area contributed by atoms with Crippen LogP contribution >= 0.6 is 12.4 Å². The number of amidine groups is 1. The van der Waals surface area contributed by atoms with Gasteiger partial charge in [0.05, 0.1) is 18.6 Å². The number of nitrogens with two attached hydrogens (primary N) is 1. The number of anilines is 1. The number of halogens is 1. The van der Waals surface area contributed by atoms with E-state index >= 15 is 0 Å². The van der Waals surface area contributed by atoms with Crippen LogP contribution in [0.1, 0.15) is 48.1 Å². The van der Waals surface area contributed by atoms with E-state index in [2.05, 4.69) is 11.9 Å². The summed E-state index contributed by atoms with van der Waals surface area (Å²) in [5.74, 6) is -1.07. The molecule has 0 aliphatic heterocycles. The number of nitrogen functional groups attached to an aromatic ring is 1. The van der Waals surface area contributed by atoms with Gasteiger partial charge in [-0.2, -0.15) is 0 Å². The van der Waals surface area contributed by atoms with E-state index in [-0.39, 0.29) is 37.4 Å². The maximum absolute atomic E-state index is 12.1. The molecule has 7 nitrogen and oxygen atoms in total. The van der Waals surface area contributed by atoms with Crippen LogP contribution in [0.2, 0.25) is 0 Å². The molecule has 2 unspecified atom stereocenters. The van der Waals surface area contributed by atoms with E-state index in [9.17, 15) is 15.0 Å². The first-order valence-electron chi connectivity index (χ1n) is 9.77. The Hall–Kier alpha value is -3.03. The molecule has 168 valence electrons. The van der Waals surface area contributed by atoms with Gasteiger partial charge in [-0.05, 0) is 42.3 Å². The van der Waals surface area contributed by atoms with Crippen molar-refractivity contribution in [2.45, 2.75) is 32.2 Å². The zero-order valence-electron chi connectivity index (χ0n) is 17.7. The van der Waals surface area contributed by atoms with Gasteiger partial charge in [0.15, 0.2) is 0 Å². The quantitative estimate of drug-likeness (QED) is 0.238. The standard InChI is InChI=1S/C23H29N3O4.ClH/c1-4-14(3)18-12-15(5-2)13-19(21(18)30-11-10-27)20(23(28)29)26-17-8-6-16(7-9-17)22(24)25;/h4,6-9,12-14,20,26-27H,1,5,10-11H2,2-3H3,(H3,24,25)(H,28,29);1H/p-1. The number of hydrogen-bond acceptors (Lipinski definition) is 6. The van der Waals surface area contributed by atoms with Crippen LogP contribution in [-0.4, -0.2) is 30.1 Å². The number of aliphatic hydroxyl groups is 1. The molecule has 0 aromatic heterocycles. The van der Waals surface area contributed by atoms with Gasteiger partial charge in [0, 0.05) is 28.3 Å². The van der Waals surface area contributed by atoms with Crippen molar-refractivity contribution >= 4 is 29.9 Å². The van der Waals surface area contributed by atoms with Crippen molar-refractivity contribution < 1.29 is 19.7 Å². The zero-order valence-corrected chi connectivity index (χ0v) is 18.5. The third-order valence-corrected chi connectivity index (χ3v) is 4.85. The smallest absolute Gasteiger partial charge is 0.128 e. The average Bonchev–Trinajstić information content (AvgIpc) is 2.75. The molecule has 0 radical (unpaired) electrons. The van der Waals surface area contributed by atoms with Crippen molar-refractivity contribution in [3.8, 4) is 5.75 Å². The lowest BCUT2D eigenvalue weighted by molar-refractivity contribution is -0.307. The minimum Gasteiger partial charge on any atom is -0.548 e. The number of carbonyl (C=O) groups excluding carboxylic acids is 1. The minimum atomic E-state index is -1.31. The number of allylic oxidation sites excluding steroid dienone is 1. The summed E-state index contributed by atoms with van der Waals surface area (Å²) in [4.78, 5) is 12.1. The molecule has 0 aliphatic rings. The highest BCUT2D eigenvalue weighted by atomic mass is 35.5. The fraction of sp³-hybridized carbons (Fsp3) is 0.304. The SMILES string of the molecule is C=CC(C)c1cc(CC)cc(C(Nc2ccc(C(=N)N)cc2)C(=O)[O-])c1OCCO.Cl. The molecule has 0 fully saturated rings. The summed E-state index contributed by atoms with van der Waals surface area (Å²) in [7, 11) is 0. The molecular weight excluding hydrogens is 418 g/mol.